The van der Waals surface area contributed by atoms with Crippen LogP contribution in [0, 0.1) is 0 Å². The van der Waals surface area contributed by atoms with E-state index in [2.05, 4.69) is 22.2 Å². The van der Waals surface area contributed by atoms with E-state index < -0.39 is 5.97 Å². The van der Waals surface area contributed by atoms with Crippen molar-refractivity contribution in [1.82, 2.24) is 24.5 Å². The van der Waals surface area contributed by atoms with E-state index >= 15 is 0 Å². The van der Waals surface area contributed by atoms with Crippen molar-refractivity contribution < 1.29 is 9.53 Å². The molecule has 0 atom stereocenters. The molecule has 7 heteroatoms. The Kier molecular flexibility index (Phi) is 4.49. The molecule has 0 fully saturated rings. The molecule has 0 bridgehead atoms. The van der Waals surface area contributed by atoms with Gasteiger partial charge < -0.3 is 9.30 Å². The van der Waals surface area contributed by atoms with Crippen molar-refractivity contribution in [2.45, 2.75) is 39.8 Å². The number of aromatic nitrogens is 5. The molecule has 2 aromatic heterocycles. The fourth-order valence-electron chi connectivity index (χ4n) is 2.11. The number of carbonyl (C=O) groups is 1. The van der Waals surface area contributed by atoms with Gasteiger partial charge in [-0.1, -0.05) is 18.6 Å². The molecule has 0 spiro atoms. The van der Waals surface area contributed by atoms with Gasteiger partial charge in [0.2, 0.25) is 0 Å². The Bertz CT molecular complexity index is 587. The number of esters is 1. The molecule has 0 saturated heterocycles. The molecule has 0 N–H and O–H groups in total. The Balaban J connectivity index is 2.32. The van der Waals surface area contributed by atoms with Crippen molar-refractivity contribution in [1.29, 1.82) is 0 Å². The van der Waals surface area contributed by atoms with Crippen molar-refractivity contribution in [3.8, 4) is 0 Å². The zero-order valence-corrected chi connectivity index (χ0v) is 12.0. The first-order valence-electron chi connectivity index (χ1n) is 6.71. The SMILES string of the molecule is CCCc1c(C(=O)OC)nnn1Cc1nccn1CC. The van der Waals surface area contributed by atoms with Gasteiger partial charge in [-0.25, -0.2) is 14.5 Å². The molecule has 2 aromatic rings. The third kappa shape index (κ3) is 2.71. The second kappa shape index (κ2) is 6.31. The Hall–Kier alpha value is -2.18. The lowest BCUT2D eigenvalue weighted by Gasteiger charge is -2.08. The summed E-state index contributed by atoms with van der Waals surface area (Å²) in [4.78, 5) is 16.0. The highest BCUT2D eigenvalue weighted by Gasteiger charge is 2.20. The summed E-state index contributed by atoms with van der Waals surface area (Å²) in [7, 11) is 1.35. The van der Waals surface area contributed by atoms with Gasteiger partial charge in [0.05, 0.1) is 12.8 Å². The van der Waals surface area contributed by atoms with Gasteiger partial charge in [0, 0.05) is 18.9 Å². The largest absolute Gasteiger partial charge is 0.464 e. The molecule has 0 aliphatic carbocycles. The normalized spacial score (nSPS) is 10.8. The number of hydrogen-bond donors (Lipinski definition) is 0. The van der Waals surface area contributed by atoms with Crippen LogP contribution in [0.4, 0.5) is 0 Å². The zero-order valence-electron chi connectivity index (χ0n) is 12.0. The van der Waals surface area contributed by atoms with Crippen LogP contribution in [0.2, 0.25) is 0 Å². The van der Waals surface area contributed by atoms with Crippen LogP contribution in [0.15, 0.2) is 12.4 Å². The van der Waals surface area contributed by atoms with E-state index in [4.69, 9.17) is 4.74 Å². The van der Waals surface area contributed by atoms with Crippen molar-refractivity contribution in [2.24, 2.45) is 0 Å². The number of ether oxygens (including phenoxy) is 1. The molecular formula is C13H19N5O2. The lowest BCUT2D eigenvalue weighted by atomic mass is 10.2. The van der Waals surface area contributed by atoms with Gasteiger partial charge in [0.25, 0.3) is 0 Å². The molecule has 0 amide bonds. The monoisotopic (exact) mass is 277 g/mol. The summed E-state index contributed by atoms with van der Waals surface area (Å²) < 4.78 is 8.50. The number of rotatable bonds is 6. The third-order valence-corrected chi connectivity index (χ3v) is 3.14. The van der Waals surface area contributed by atoms with Gasteiger partial charge in [0.15, 0.2) is 5.69 Å². The molecule has 0 unspecified atom stereocenters. The predicted octanol–water partition coefficient (Wildman–Crippen LogP) is 1.28. The minimum absolute atomic E-state index is 0.295. The number of aryl methyl sites for hydroxylation is 1. The molecule has 0 saturated carbocycles. The molecule has 0 radical (unpaired) electrons. The molecule has 0 aliphatic rings. The van der Waals surface area contributed by atoms with Crippen LogP contribution in [0.5, 0.6) is 0 Å². The molecule has 20 heavy (non-hydrogen) atoms. The maximum Gasteiger partial charge on any atom is 0.360 e. The molecule has 0 aromatic carbocycles. The van der Waals surface area contributed by atoms with Crippen LogP contribution in [-0.2, 0) is 24.2 Å². The Morgan fingerprint density at radius 2 is 2.20 bits per heavy atom. The minimum atomic E-state index is -0.446. The van der Waals surface area contributed by atoms with Gasteiger partial charge in [0.1, 0.15) is 12.4 Å². The predicted molar refractivity (Wildman–Crippen MR) is 72.4 cm³/mol. The highest BCUT2D eigenvalue weighted by molar-refractivity contribution is 5.88. The van der Waals surface area contributed by atoms with E-state index in [0.717, 1.165) is 30.9 Å². The van der Waals surface area contributed by atoms with E-state index in [1.807, 2.05) is 17.7 Å². The van der Waals surface area contributed by atoms with Crippen LogP contribution in [0.1, 0.15) is 42.3 Å². The number of methoxy groups -OCH3 is 1. The first kappa shape index (κ1) is 14.2. The van der Waals surface area contributed by atoms with Gasteiger partial charge in [-0.05, 0) is 13.3 Å². The van der Waals surface area contributed by atoms with Crippen molar-refractivity contribution in [2.75, 3.05) is 7.11 Å². The number of hydrogen-bond acceptors (Lipinski definition) is 5. The molecular weight excluding hydrogens is 258 g/mol. The summed E-state index contributed by atoms with van der Waals surface area (Å²) in [5, 5.41) is 8.01. The Morgan fingerprint density at radius 1 is 1.40 bits per heavy atom. The van der Waals surface area contributed by atoms with E-state index in [9.17, 15) is 4.79 Å². The smallest absolute Gasteiger partial charge is 0.360 e. The van der Waals surface area contributed by atoms with Gasteiger partial charge >= 0.3 is 5.97 Å². The second-order valence-corrected chi connectivity index (χ2v) is 4.41. The van der Waals surface area contributed by atoms with E-state index in [1.165, 1.54) is 7.11 Å². The first-order valence-corrected chi connectivity index (χ1v) is 6.71. The summed E-state index contributed by atoms with van der Waals surface area (Å²) in [5.41, 5.74) is 1.09. The second-order valence-electron chi connectivity index (χ2n) is 4.41. The van der Waals surface area contributed by atoms with Crippen LogP contribution >= 0.6 is 0 Å². The van der Waals surface area contributed by atoms with Gasteiger partial charge in [-0.15, -0.1) is 5.10 Å². The van der Waals surface area contributed by atoms with Crippen LogP contribution in [0.3, 0.4) is 0 Å². The molecule has 108 valence electrons. The minimum Gasteiger partial charge on any atom is -0.464 e. The topological polar surface area (TPSA) is 74.8 Å². The molecule has 2 heterocycles. The number of carbonyl (C=O) groups excluding carboxylic acids is 1. The lowest BCUT2D eigenvalue weighted by Crippen LogP contribution is -2.13. The van der Waals surface area contributed by atoms with Crippen molar-refractivity contribution in [3.63, 3.8) is 0 Å². The molecule has 7 nitrogen and oxygen atoms in total. The summed E-state index contributed by atoms with van der Waals surface area (Å²) in [6.07, 6.45) is 5.31. The molecule has 2 rings (SSSR count). The molecule has 0 aliphatic heterocycles. The van der Waals surface area contributed by atoms with E-state index in [0.29, 0.717) is 12.2 Å². The highest BCUT2D eigenvalue weighted by atomic mass is 16.5. The van der Waals surface area contributed by atoms with Crippen molar-refractivity contribution >= 4 is 5.97 Å². The van der Waals surface area contributed by atoms with Crippen LogP contribution < -0.4 is 0 Å². The highest BCUT2D eigenvalue weighted by Crippen LogP contribution is 2.12. The average Bonchev–Trinajstić information content (AvgIpc) is 3.06. The fraction of sp³-hybridized carbons (Fsp3) is 0.538. The average molecular weight is 277 g/mol. The quantitative estimate of drug-likeness (QED) is 0.744. The Morgan fingerprint density at radius 3 is 2.85 bits per heavy atom. The zero-order chi connectivity index (χ0) is 14.5. The number of nitrogens with zero attached hydrogens (tertiary/aromatic N) is 5. The first-order chi connectivity index (χ1) is 9.71. The number of imidazole rings is 1. The van der Waals surface area contributed by atoms with Crippen molar-refractivity contribution in [3.05, 3.63) is 29.6 Å². The van der Waals surface area contributed by atoms with Gasteiger partial charge in [-0.2, -0.15) is 0 Å². The van der Waals surface area contributed by atoms with E-state index in [-0.39, 0.29) is 0 Å². The van der Waals surface area contributed by atoms with E-state index in [1.54, 1.807) is 10.9 Å². The lowest BCUT2D eigenvalue weighted by molar-refractivity contribution is 0.0592. The van der Waals surface area contributed by atoms with Crippen LogP contribution in [-0.4, -0.2) is 37.6 Å². The standard InChI is InChI=1S/C13H19N5O2/c1-4-6-10-12(13(19)20-3)15-16-18(10)9-11-14-7-8-17(11)5-2/h7-8H,4-6,9H2,1-3H3. The summed E-state index contributed by atoms with van der Waals surface area (Å²) >= 11 is 0. The summed E-state index contributed by atoms with van der Waals surface area (Å²) in [6, 6.07) is 0. The Labute approximate surface area is 117 Å². The van der Waals surface area contributed by atoms with Gasteiger partial charge in [-0.3, -0.25) is 0 Å². The third-order valence-electron chi connectivity index (χ3n) is 3.14. The summed E-state index contributed by atoms with van der Waals surface area (Å²) in [5.74, 6) is 0.449. The maximum absolute atomic E-state index is 11.7. The van der Waals surface area contributed by atoms with Crippen LogP contribution in [0.25, 0.3) is 0 Å². The fourth-order valence-corrected chi connectivity index (χ4v) is 2.11. The summed E-state index contributed by atoms with van der Waals surface area (Å²) in [6.45, 7) is 5.45. The maximum atomic E-state index is 11.7.